The minimum atomic E-state index is 0.910. The van der Waals surface area contributed by atoms with Gasteiger partial charge in [0.25, 0.3) is 0 Å². The van der Waals surface area contributed by atoms with Crippen LogP contribution in [0.2, 0.25) is 0 Å². The first-order valence-electron chi connectivity index (χ1n) is 6.72. The Balaban J connectivity index is 2.19. The van der Waals surface area contributed by atoms with Crippen molar-refractivity contribution in [2.45, 2.75) is 6.42 Å². The average molecular weight is 276 g/mol. The lowest BCUT2D eigenvalue weighted by molar-refractivity contribution is 1.31. The highest BCUT2D eigenvalue weighted by atomic mass is 32.1. The van der Waals surface area contributed by atoms with Gasteiger partial charge in [0.05, 0.1) is 0 Å². The van der Waals surface area contributed by atoms with Crippen LogP contribution in [0.3, 0.4) is 0 Å². The Labute approximate surface area is 124 Å². The molecule has 0 aliphatic rings. The van der Waals surface area contributed by atoms with Crippen molar-refractivity contribution < 1.29 is 0 Å². The highest BCUT2D eigenvalue weighted by Gasteiger charge is 2.13. The maximum Gasteiger partial charge on any atom is 0.0424 e. The van der Waals surface area contributed by atoms with Gasteiger partial charge in [0.15, 0.2) is 0 Å². The van der Waals surface area contributed by atoms with E-state index in [1.54, 1.807) is 0 Å². The van der Waals surface area contributed by atoms with Crippen molar-refractivity contribution in [1.82, 2.24) is 0 Å². The summed E-state index contributed by atoms with van der Waals surface area (Å²) in [6, 6.07) is 21.2. The molecule has 0 radical (unpaired) electrons. The van der Waals surface area contributed by atoms with Crippen LogP contribution in [-0.2, 0) is 6.42 Å². The summed E-state index contributed by atoms with van der Waals surface area (Å²) in [5.74, 6) is 0. The molecule has 3 rings (SSSR count). The summed E-state index contributed by atoms with van der Waals surface area (Å²) >= 11 is 1.82. The van der Waals surface area contributed by atoms with Crippen LogP contribution >= 0.6 is 11.3 Å². The van der Waals surface area contributed by atoms with E-state index in [9.17, 15) is 0 Å². The summed E-state index contributed by atoms with van der Waals surface area (Å²) < 4.78 is 0. The van der Waals surface area contributed by atoms with Crippen molar-refractivity contribution in [3.05, 3.63) is 84.3 Å². The van der Waals surface area contributed by atoms with E-state index in [4.69, 9.17) is 0 Å². The van der Waals surface area contributed by atoms with E-state index in [0.29, 0.717) is 0 Å². The molecule has 0 amide bonds. The van der Waals surface area contributed by atoms with Crippen molar-refractivity contribution in [2.24, 2.45) is 0 Å². The second kappa shape index (κ2) is 5.89. The van der Waals surface area contributed by atoms with Gasteiger partial charge < -0.3 is 0 Å². The SMILES string of the molecule is C=CCc1csc(-c2ccccc2)c1-c1ccccc1. The molecule has 0 nitrogen and oxygen atoms in total. The second-order valence-corrected chi connectivity index (χ2v) is 5.57. The lowest BCUT2D eigenvalue weighted by Gasteiger charge is -2.07. The van der Waals surface area contributed by atoms with Crippen molar-refractivity contribution >= 4 is 11.3 Å². The first kappa shape index (κ1) is 12.9. The van der Waals surface area contributed by atoms with Gasteiger partial charge in [0.1, 0.15) is 0 Å². The quantitative estimate of drug-likeness (QED) is 0.527. The highest BCUT2D eigenvalue weighted by molar-refractivity contribution is 7.14. The Morgan fingerprint density at radius 1 is 0.850 bits per heavy atom. The van der Waals surface area contributed by atoms with E-state index in [2.05, 4.69) is 72.6 Å². The van der Waals surface area contributed by atoms with Gasteiger partial charge in [-0.15, -0.1) is 17.9 Å². The van der Waals surface area contributed by atoms with E-state index in [1.807, 2.05) is 17.4 Å². The normalized spacial score (nSPS) is 10.4. The van der Waals surface area contributed by atoms with Crippen molar-refractivity contribution in [3.8, 4) is 21.6 Å². The molecule has 0 saturated carbocycles. The number of hydrogen-bond acceptors (Lipinski definition) is 1. The number of rotatable bonds is 4. The standard InChI is InChI=1S/C19H16S/c1-2-9-17-14-20-19(16-12-7-4-8-13-16)18(17)15-10-5-3-6-11-15/h2-8,10-14H,1,9H2. The zero-order chi connectivity index (χ0) is 13.8. The molecule has 0 bridgehead atoms. The van der Waals surface area contributed by atoms with E-state index < -0.39 is 0 Å². The monoisotopic (exact) mass is 276 g/mol. The molecule has 0 N–H and O–H groups in total. The number of benzene rings is 2. The van der Waals surface area contributed by atoms with E-state index in [0.717, 1.165) is 6.42 Å². The van der Waals surface area contributed by atoms with Gasteiger partial charge in [-0.25, -0.2) is 0 Å². The van der Waals surface area contributed by atoms with Gasteiger partial charge in [-0.3, -0.25) is 0 Å². The maximum absolute atomic E-state index is 3.88. The third-order valence-electron chi connectivity index (χ3n) is 3.33. The first-order valence-corrected chi connectivity index (χ1v) is 7.60. The fourth-order valence-electron chi connectivity index (χ4n) is 2.42. The minimum absolute atomic E-state index is 0.910. The van der Waals surface area contributed by atoms with Crippen molar-refractivity contribution in [3.63, 3.8) is 0 Å². The van der Waals surface area contributed by atoms with Crippen LogP contribution in [0.5, 0.6) is 0 Å². The van der Waals surface area contributed by atoms with E-state index in [1.165, 1.54) is 27.1 Å². The molecule has 1 aromatic heterocycles. The Hall–Kier alpha value is -2.12. The zero-order valence-corrected chi connectivity index (χ0v) is 12.1. The topological polar surface area (TPSA) is 0 Å². The summed E-state index contributed by atoms with van der Waals surface area (Å²) in [5.41, 5.74) is 5.27. The van der Waals surface area contributed by atoms with Crippen LogP contribution < -0.4 is 0 Å². The lowest BCUT2D eigenvalue weighted by Crippen LogP contribution is -1.85. The second-order valence-electron chi connectivity index (χ2n) is 4.69. The molecule has 0 atom stereocenters. The van der Waals surface area contributed by atoms with Gasteiger partial charge in [0.2, 0.25) is 0 Å². The van der Waals surface area contributed by atoms with Crippen LogP contribution in [0.1, 0.15) is 5.56 Å². The smallest absolute Gasteiger partial charge is 0.0424 e. The third kappa shape index (κ3) is 2.45. The van der Waals surface area contributed by atoms with Gasteiger partial charge in [-0.1, -0.05) is 66.7 Å². The Morgan fingerprint density at radius 2 is 1.45 bits per heavy atom. The first-order chi connectivity index (χ1) is 9.90. The lowest BCUT2D eigenvalue weighted by atomic mass is 9.97. The molecule has 0 aliphatic carbocycles. The molecule has 1 heterocycles. The predicted molar refractivity (Wildman–Crippen MR) is 89.1 cm³/mol. The van der Waals surface area contributed by atoms with E-state index >= 15 is 0 Å². The fraction of sp³-hybridized carbons (Fsp3) is 0.0526. The number of allylic oxidation sites excluding steroid dienone is 1. The predicted octanol–water partition coefficient (Wildman–Crippen LogP) is 5.81. The van der Waals surface area contributed by atoms with Crippen molar-refractivity contribution in [1.29, 1.82) is 0 Å². The van der Waals surface area contributed by atoms with Crippen LogP contribution in [0, 0.1) is 0 Å². The summed E-state index contributed by atoms with van der Waals surface area (Å²) in [6.07, 6.45) is 2.89. The molecule has 0 fully saturated rings. The van der Waals surface area contributed by atoms with Crippen LogP contribution in [0.25, 0.3) is 21.6 Å². The number of hydrogen-bond donors (Lipinski definition) is 0. The Morgan fingerprint density at radius 3 is 2.05 bits per heavy atom. The molecule has 0 unspecified atom stereocenters. The fourth-order valence-corrected chi connectivity index (χ4v) is 3.54. The molecule has 3 aromatic rings. The van der Waals surface area contributed by atoms with Crippen LogP contribution in [0.4, 0.5) is 0 Å². The zero-order valence-electron chi connectivity index (χ0n) is 11.3. The van der Waals surface area contributed by atoms with Crippen LogP contribution in [-0.4, -0.2) is 0 Å². The number of thiophene rings is 1. The van der Waals surface area contributed by atoms with Gasteiger partial charge in [-0.05, 0) is 28.5 Å². The molecule has 2 aromatic carbocycles. The minimum Gasteiger partial charge on any atom is -0.143 e. The summed E-state index contributed by atoms with van der Waals surface area (Å²) in [6.45, 7) is 3.88. The molecule has 0 saturated heterocycles. The molecule has 0 aliphatic heterocycles. The largest absolute Gasteiger partial charge is 0.143 e. The maximum atomic E-state index is 3.88. The molecule has 0 spiro atoms. The third-order valence-corrected chi connectivity index (χ3v) is 4.41. The average Bonchev–Trinajstić information content (AvgIpc) is 2.93. The van der Waals surface area contributed by atoms with Gasteiger partial charge in [-0.2, -0.15) is 0 Å². The summed E-state index contributed by atoms with van der Waals surface area (Å²) in [4.78, 5) is 1.34. The highest BCUT2D eigenvalue weighted by Crippen LogP contribution is 2.40. The Kier molecular flexibility index (Phi) is 3.80. The molecule has 20 heavy (non-hydrogen) atoms. The van der Waals surface area contributed by atoms with Gasteiger partial charge >= 0.3 is 0 Å². The van der Waals surface area contributed by atoms with Crippen molar-refractivity contribution in [2.75, 3.05) is 0 Å². The molecular formula is C19H16S. The van der Waals surface area contributed by atoms with Crippen LogP contribution in [0.15, 0.2) is 78.7 Å². The van der Waals surface area contributed by atoms with Gasteiger partial charge in [0, 0.05) is 10.4 Å². The molecule has 1 heteroatoms. The van der Waals surface area contributed by atoms with E-state index in [-0.39, 0.29) is 0 Å². The molecule has 98 valence electrons. The summed E-state index contributed by atoms with van der Waals surface area (Å²) in [7, 11) is 0. The molecular weight excluding hydrogens is 260 g/mol. The summed E-state index contributed by atoms with van der Waals surface area (Å²) in [5, 5.41) is 2.26. The Bertz CT molecular complexity index is 693.